The van der Waals surface area contributed by atoms with Crippen molar-refractivity contribution >= 4 is 45.2 Å². The van der Waals surface area contributed by atoms with Gasteiger partial charge in [0.1, 0.15) is 11.2 Å². The quantitative estimate of drug-likeness (QED) is 0.691. The van der Waals surface area contributed by atoms with Gasteiger partial charge in [-0.05, 0) is 36.8 Å². The highest BCUT2D eigenvalue weighted by molar-refractivity contribution is 7.89. The van der Waals surface area contributed by atoms with Crippen LogP contribution in [-0.2, 0) is 15.6 Å². The Hall–Kier alpha value is -3.10. The highest BCUT2D eigenvalue weighted by Crippen LogP contribution is 2.36. The molecule has 0 aliphatic carbocycles. The molecule has 2 N–H and O–H groups in total. The van der Waals surface area contributed by atoms with E-state index in [0.29, 0.717) is 0 Å². The highest BCUT2D eigenvalue weighted by Gasteiger charge is 2.42. The lowest BCUT2D eigenvalue weighted by Crippen LogP contribution is -2.50. The van der Waals surface area contributed by atoms with E-state index in [1.54, 1.807) is 0 Å². The molecular formula is C19H15ClF3N5O2S. The first-order valence-corrected chi connectivity index (χ1v) is 10.6. The SMILES string of the molecule is [C-]#[N+]c1cnc(/C(F)=C/c2cc(F)c(F)c([C@]3(C)CS(=O)(=O)N(C)C(N)=N3)c2)c(Cl)c1. The van der Waals surface area contributed by atoms with Gasteiger partial charge < -0.3 is 5.73 Å². The maximum Gasteiger partial charge on any atom is 0.239 e. The zero-order valence-corrected chi connectivity index (χ0v) is 17.8. The summed E-state index contributed by atoms with van der Waals surface area (Å²) in [6.45, 7) is 8.20. The molecule has 2 heterocycles. The number of halogens is 4. The Bertz CT molecular complexity index is 1290. The van der Waals surface area contributed by atoms with E-state index in [0.717, 1.165) is 28.7 Å². The summed E-state index contributed by atoms with van der Waals surface area (Å²) in [5.41, 5.74) is 3.19. The van der Waals surface area contributed by atoms with Crippen molar-refractivity contribution in [2.24, 2.45) is 10.7 Å². The molecule has 0 spiro atoms. The van der Waals surface area contributed by atoms with Crippen molar-refractivity contribution in [3.63, 3.8) is 0 Å². The Morgan fingerprint density at radius 2 is 2.06 bits per heavy atom. The number of hydrogen-bond donors (Lipinski definition) is 1. The van der Waals surface area contributed by atoms with E-state index < -0.39 is 50.3 Å². The average Bonchev–Trinajstić information content (AvgIpc) is 2.68. The normalized spacial score (nSPS) is 20.9. The zero-order chi connectivity index (χ0) is 23.1. The predicted octanol–water partition coefficient (Wildman–Crippen LogP) is 3.84. The van der Waals surface area contributed by atoms with Gasteiger partial charge in [-0.15, -0.1) is 0 Å². The Labute approximate surface area is 181 Å². The van der Waals surface area contributed by atoms with E-state index in [2.05, 4.69) is 14.8 Å². The minimum absolute atomic E-state index is 0.100. The fraction of sp³-hybridized carbons (Fsp3) is 0.211. The van der Waals surface area contributed by atoms with Crippen LogP contribution in [0.15, 0.2) is 29.4 Å². The maximum absolute atomic E-state index is 14.7. The lowest BCUT2D eigenvalue weighted by atomic mass is 9.92. The van der Waals surface area contributed by atoms with Crippen LogP contribution in [0.4, 0.5) is 18.9 Å². The molecular weight excluding hydrogens is 455 g/mol. The molecule has 0 saturated carbocycles. The molecule has 162 valence electrons. The summed E-state index contributed by atoms with van der Waals surface area (Å²) in [4.78, 5) is 10.9. The van der Waals surface area contributed by atoms with Gasteiger partial charge in [-0.2, -0.15) is 0 Å². The third kappa shape index (κ3) is 4.22. The van der Waals surface area contributed by atoms with Gasteiger partial charge in [-0.3, -0.25) is 4.98 Å². The van der Waals surface area contributed by atoms with Crippen molar-refractivity contribution < 1.29 is 21.6 Å². The Morgan fingerprint density at radius 1 is 1.39 bits per heavy atom. The van der Waals surface area contributed by atoms with Gasteiger partial charge in [-0.1, -0.05) is 11.6 Å². The number of pyridine rings is 1. The van der Waals surface area contributed by atoms with Gasteiger partial charge in [0.15, 0.2) is 17.5 Å². The molecule has 3 rings (SSSR count). The van der Waals surface area contributed by atoms with Crippen molar-refractivity contribution in [1.29, 1.82) is 0 Å². The van der Waals surface area contributed by atoms with Crippen molar-refractivity contribution in [1.82, 2.24) is 9.29 Å². The van der Waals surface area contributed by atoms with E-state index in [1.807, 2.05) is 0 Å². The Morgan fingerprint density at radius 3 is 2.65 bits per heavy atom. The number of aliphatic imine (C=N–C) groups is 1. The fourth-order valence-corrected chi connectivity index (χ4v) is 4.75. The number of sulfonamides is 1. The number of guanidine groups is 1. The van der Waals surface area contributed by atoms with E-state index in [1.165, 1.54) is 20.0 Å². The molecule has 2 aromatic rings. The summed E-state index contributed by atoms with van der Waals surface area (Å²) in [7, 11) is -2.75. The lowest BCUT2D eigenvalue weighted by molar-refractivity contribution is 0.435. The molecule has 0 fully saturated rings. The van der Waals surface area contributed by atoms with E-state index in [-0.39, 0.29) is 22.0 Å². The molecule has 0 saturated heterocycles. The Balaban J connectivity index is 2.13. The second kappa shape index (κ2) is 7.86. The third-order valence-electron chi connectivity index (χ3n) is 4.67. The first-order valence-electron chi connectivity index (χ1n) is 8.60. The molecule has 1 aromatic carbocycles. The number of nitrogens with zero attached hydrogens (tertiary/aromatic N) is 4. The van der Waals surface area contributed by atoms with Gasteiger partial charge in [0.25, 0.3) is 0 Å². The standard InChI is InChI=1S/C19H15ClF3N5O2S/c1-19(9-31(29,30)28(3)18(24)27-19)12-4-10(5-14(21)16(12)23)6-15(22)17-13(20)7-11(25-2)8-26-17/h4-8H,9H2,1,3H3,(H2,24,27)/b15-6-/t19-/m0/s1. The smallest absolute Gasteiger partial charge is 0.239 e. The van der Waals surface area contributed by atoms with E-state index in [9.17, 15) is 21.6 Å². The molecule has 0 bridgehead atoms. The van der Waals surface area contributed by atoms with Gasteiger partial charge in [0.2, 0.25) is 21.7 Å². The summed E-state index contributed by atoms with van der Waals surface area (Å²) >= 11 is 5.94. The molecule has 0 radical (unpaired) electrons. The van der Waals surface area contributed by atoms with Crippen LogP contribution in [0.5, 0.6) is 0 Å². The maximum atomic E-state index is 14.7. The molecule has 1 aromatic heterocycles. The number of hydrogen-bond acceptors (Lipinski definition) is 5. The van der Waals surface area contributed by atoms with Crippen molar-refractivity contribution in [2.45, 2.75) is 12.5 Å². The monoisotopic (exact) mass is 469 g/mol. The first-order chi connectivity index (χ1) is 14.4. The molecule has 7 nitrogen and oxygen atoms in total. The van der Waals surface area contributed by atoms with E-state index in [4.69, 9.17) is 23.9 Å². The van der Waals surface area contributed by atoms with Crippen molar-refractivity contribution in [2.75, 3.05) is 12.8 Å². The van der Waals surface area contributed by atoms with Gasteiger partial charge in [0, 0.05) is 18.8 Å². The second-order valence-electron chi connectivity index (χ2n) is 6.96. The van der Waals surface area contributed by atoms with Crippen LogP contribution in [0.25, 0.3) is 16.7 Å². The first kappa shape index (κ1) is 22.6. The second-order valence-corrected chi connectivity index (χ2v) is 9.37. The number of nitrogens with two attached hydrogens (primary N) is 1. The van der Waals surface area contributed by atoms with E-state index >= 15 is 0 Å². The van der Waals surface area contributed by atoms with Crippen LogP contribution in [0.2, 0.25) is 5.02 Å². The number of aromatic nitrogens is 1. The fourth-order valence-electron chi connectivity index (χ4n) is 3.05. The summed E-state index contributed by atoms with van der Waals surface area (Å²) in [5.74, 6) is -4.69. The zero-order valence-electron chi connectivity index (χ0n) is 16.2. The molecule has 1 atom stereocenters. The molecule has 0 unspecified atom stereocenters. The van der Waals surface area contributed by atoms with Gasteiger partial charge >= 0.3 is 0 Å². The third-order valence-corrected chi connectivity index (χ3v) is 6.91. The van der Waals surface area contributed by atoms with Crippen LogP contribution >= 0.6 is 11.6 Å². The van der Waals surface area contributed by atoms with Crippen molar-refractivity contribution in [3.8, 4) is 0 Å². The summed E-state index contributed by atoms with van der Waals surface area (Å²) in [6.07, 6.45) is 1.97. The highest BCUT2D eigenvalue weighted by atomic mass is 35.5. The van der Waals surface area contributed by atoms with Crippen LogP contribution in [0, 0.1) is 18.2 Å². The lowest BCUT2D eigenvalue weighted by Gasteiger charge is -2.34. The van der Waals surface area contributed by atoms with Crippen LogP contribution in [0.1, 0.15) is 23.7 Å². The van der Waals surface area contributed by atoms with Crippen molar-refractivity contribution in [3.05, 3.63) is 69.3 Å². The minimum Gasteiger partial charge on any atom is -0.369 e. The topological polar surface area (TPSA) is 93.0 Å². The largest absolute Gasteiger partial charge is 0.369 e. The average molecular weight is 470 g/mol. The number of rotatable bonds is 3. The molecule has 1 aliphatic heterocycles. The predicted molar refractivity (Wildman–Crippen MR) is 111 cm³/mol. The molecule has 0 amide bonds. The summed E-state index contributed by atoms with van der Waals surface area (Å²) in [6, 6.07) is 3.03. The molecule has 12 heteroatoms. The minimum atomic E-state index is -3.94. The molecule has 31 heavy (non-hydrogen) atoms. The van der Waals surface area contributed by atoms with Crippen LogP contribution in [0.3, 0.4) is 0 Å². The summed E-state index contributed by atoms with van der Waals surface area (Å²) < 4.78 is 69.1. The summed E-state index contributed by atoms with van der Waals surface area (Å²) in [5, 5.41) is -0.143. The van der Waals surface area contributed by atoms with Crippen LogP contribution in [-0.4, -0.2) is 36.5 Å². The number of benzene rings is 1. The van der Waals surface area contributed by atoms with Gasteiger partial charge in [0.05, 0.1) is 17.3 Å². The van der Waals surface area contributed by atoms with Crippen LogP contribution < -0.4 is 5.73 Å². The molecule has 1 aliphatic rings. The van der Waals surface area contributed by atoms with Gasteiger partial charge in [-0.25, -0.2) is 35.7 Å². The Kier molecular flexibility index (Phi) is 5.73.